The maximum atomic E-state index is 11.7. The van der Waals surface area contributed by atoms with Crippen LogP contribution in [-0.2, 0) is 9.53 Å². The minimum atomic E-state index is -0.0827. The van der Waals surface area contributed by atoms with E-state index in [-0.39, 0.29) is 5.97 Å². The van der Waals surface area contributed by atoms with Gasteiger partial charge in [0.2, 0.25) is 0 Å². The average Bonchev–Trinajstić information content (AvgIpc) is 2.68. The van der Waals surface area contributed by atoms with E-state index in [1.54, 1.807) is 5.57 Å². The molecule has 2 nitrogen and oxygen atoms in total. The van der Waals surface area contributed by atoms with Gasteiger partial charge >= 0.3 is 5.97 Å². The zero-order valence-corrected chi connectivity index (χ0v) is 10.9. The van der Waals surface area contributed by atoms with Gasteiger partial charge in [-0.3, -0.25) is 0 Å². The second-order valence-corrected chi connectivity index (χ2v) is 6.60. The third-order valence-electron chi connectivity index (χ3n) is 4.40. The lowest BCUT2D eigenvalue weighted by Gasteiger charge is -2.21. The molecule has 0 aromatic heterocycles. The molecule has 2 heteroatoms. The van der Waals surface area contributed by atoms with Crippen molar-refractivity contribution in [2.45, 2.75) is 40.0 Å². The second-order valence-electron chi connectivity index (χ2n) is 6.60. The molecule has 1 saturated heterocycles. The Labute approximate surface area is 103 Å². The maximum absolute atomic E-state index is 11.7. The van der Waals surface area contributed by atoms with Crippen molar-refractivity contribution in [3.8, 4) is 0 Å². The fraction of sp³-hybridized carbons (Fsp3) is 0.667. The number of cyclic esters (lactones) is 1. The van der Waals surface area contributed by atoms with Crippen LogP contribution in [0.4, 0.5) is 0 Å². The van der Waals surface area contributed by atoms with Crippen molar-refractivity contribution in [3.05, 3.63) is 22.8 Å². The number of hydrogen-bond acceptors (Lipinski definition) is 2. The summed E-state index contributed by atoms with van der Waals surface area (Å²) in [4.78, 5) is 11.7. The summed E-state index contributed by atoms with van der Waals surface area (Å²) < 4.78 is 5.17. The van der Waals surface area contributed by atoms with Gasteiger partial charge in [-0.1, -0.05) is 26.3 Å². The third kappa shape index (κ3) is 1.74. The molecule has 1 fully saturated rings. The van der Waals surface area contributed by atoms with E-state index < -0.39 is 0 Å². The summed E-state index contributed by atoms with van der Waals surface area (Å²) in [5.74, 6) is 0.854. The van der Waals surface area contributed by atoms with Crippen molar-refractivity contribution in [3.63, 3.8) is 0 Å². The smallest absolute Gasteiger partial charge is 0.334 e. The zero-order chi connectivity index (χ0) is 12.2. The minimum absolute atomic E-state index is 0.0827. The van der Waals surface area contributed by atoms with Gasteiger partial charge in [0.15, 0.2) is 0 Å². The van der Waals surface area contributed by atoms with Gasteiger partial charge in [-0.2, -0.15) is 0 Å². The van der Waals surface area contributed by atoms with Gasteiger partial charge < -0.3 is 4.74 Å². The molecular formula is C15H20O2. The molecule has 0 bridgehead atoms. The summed E-state index contributed by atoms with van der Waals surface area (Å²) in [7, 11) is 0. The molecular weight excluding hydrogens is 212 g/mol. The van der Waals surface area contributed by atoms with Crippen LogP contribution in [0.5, 0.6) is 0 Å². The Morgan fingerprint density at radius 2 is 2.12 bits per heavy atom. The summed E-state index contributed by atoms with van der Waals surface area (Å²) in [5.41, 5.74) is 4.30. The first-order valence-corrected chi connectivity index (χ1v) is 6.57. The molecule has 0 aromatic carbocycles. The van der Waals surface area contributed by atoms with Gasteiger partial charge in [0.05, 0.1) is 6.61 Å². The SMILES string of the molecule is CC1CC2COC(=O)C2=CC2=C1CC(C)(C)C2. The lowest BCUT2D eigenvalue weighted by atomic mass is 9.83. The summed E-state index contributed by atoms with van der Waals surface area (Å²) in [6.07, 6.45) is 5.52. The van der Waals surface area contributed by atoms with Crippen LogP contribution in [0.3, 0.4) is 0 Å². The number of fused-ring (bicyclic) bond motifs is 1. The van der Waals surface area contributed by atoms with E-state index in [1.165, 1.54) is 12.0 Å². The molecule has 2 unspecified atom stereocenters. The van der Waals surface area contributed by atoms with E-state index in [1.807, 2.05) is 0 Å². The summed E-state index contributed by atoms with van der Waals surface area (Å²) in [6.45, 7) is 7.53. The first-order chi connectivity index (χ1) is 7.96. The molecule has 1 heterocycles. The molecule has 0 amide bonds. The van der Waals surface area contributed by atoms with Crippen molar-refractivity contribution >= 4 is 5.97 Å². The van der Waals surface area contributed by atoms with E-state index in [0.717, 1.165) is 18.4 Å². The van der Waals surface area contributed by atoms with E-state index in [2.05, 4.69) is 26.8 Å². The van der Waals surface area contributed by atoms with Gasteiger partial charge in [0, 0.05) is 11.5 Å². The van der Waals surface area contributed by atoms with Gasteiger partial charge in [-0.05, 0) is 42.2 Å². The summed E-state index contributed by atoms with van der Waals surface area (Å²) in [6, 6.07) is 0. The minimum Gasteiger partial charge on any atom is -0.462 e. The van der Waals surface area contributed by atoms with Crippen molar-refractivity contribution in [2.75, 3.05) is 6.61 Å². The quantitative estimate of drug-likeness (QED) is 0.599. The highest BCUT2D eigenvalue weighted by Crippen LogP contribution is 2.49. The Balaban J connectivity index is 2.01. The number of ether oxygens (including phenoxy) is 1. The Morgan fingerprint density at radius 1 is 1.35 bits per heavy atom. The highest BCUT2D eigenvalue weighted by atomic mass is 16.5. The molecule has 17 heavy (non-hydrogen) atoms. The van der Waals surface area contributed by atoms with Crippen LogP contribution in [0.1, 0.15) is 40.0 Å². The van der Waals surface area contributed by atoms with Crippen molar-refractivity contribution in [2.24, 2.45) is 17.3 Å². The second kappa shape index (κ2) is 3.47. The average molecular weight is 232 g/mol. The van der Waals surface area contributed by atoms with Crippen LogP contribution < -0.4 is 0 Å². The predicted octanol–water partition coefficient (Wildman–Crippen LogP) is 3.24. The zero-order valence-electron chi connectivity index (χ0n) is 10.9. The highest BCUT2D eigenvalue weighted by Gasteiger charge is 2.39. The topological polar surface area (TPSA) is 26.3 Å². The van der Waals surface area contributed by atoms with Gasteiger partial charge in [0.1, 0.15) is 0 Å². The molecule has 0 radical (unpaired) electrons. The number of carbonyl (C=O) groups is 1. The van der Waals surface area contributed by atoms with Crippen LogP contribution in [0.2, 0.25) is 0 Å². The van der Waals surface area contributed by atoms with Crippen LogP contribution in [-0.4, -0.2) is 12.6 Å². The Kier molecular flexibility index (Phi) is 2.26. The molecule has 3 rings (SSSR count). The van der Waals surface area contributed by atoms with Crippen molar-refractivity contribution in [1.29, 1.82) is 0 Å². The Hall–Kier alpha value is -1.05. The highest BCUT2D eigenvalue weighted by molar-refractivity contribution is 5.91. The van der Waals surface area contributed by atoms with Crippen molar-refractivity contribution in [1.82, 2.24) is 0 Å². The van der Waals surface area contributed by atoms with Crippen LogP contribution in [0.15, 0.2) is 22.8 Å². The van der Waals surface area contributed by atoms with E-state index in [4.69, 9.17) is 4.74 Å². The number of esters is 1. The molecule has 92 valence electrons. The molecule has 2 aliphatic carbocycles. The number of carbonyl (C=O) groups excluding carboxylic acids is 1. The summed E-state index contributed by atoms with van der Waals surface area (Å²) >= 11 is 0. The molecule has 0 saturated carbocycles. The molecule has 3 aliphatic rings. The molecule has 0 aromatic rings. The largest absolute Gasteiger partial charge is 0.462 e. The van der Waals surface area contributed by atoms with Crippen LogP contribution in [0, 0.1) is 17.3 Å². The Morgan fingerprint density at radius 3 is 2.88 bits per heavy atom. The fourth-order valence-electron chi connectivity index (χ4n) is 3.60. The first kappa shape index (κ1) is 11.1. The van der Waals surface area contributed by atoms with E-state index in [0.29, 0.717) is 23.9 Å². The Bertz CT molecular complexity index is 440. The van der Waals surface area contributed by atoms with Crippen LogP contribution in [0.25, 0.3) is 0 Å². The third-order valence-corrected chi connectivity index (χ3v) is 4.40. The lowest BCUT2D eigenvalue weighted by molar-refractivity contribution is -0.135. The molecule has 2 atom stereocenters. The van der Waals surface area contributed by atoms with Crippen LogP contribution >= 0.6 is 0 Å². The number of hydrogen-bond donors (Lipinski definition) is 0. The lowest BCUT2D eigenvalue weighted by Crippen LogP contribution is -2.12. The van der Waals surface area contributed by atoms with Crippen molar-refractivity contribution < 1.29 is 9.53 Å². The fourth-order valence-corrected chi connectivity index (χ4v) is 3.60. The number of allylic oxidation sites excluding steroid dienone is 3. The summed E-state index contributed by atoms with van der Waals surface area (Å²) in [5, 5.41) is 0. The normalized spacial score (nSPS) is 35.0. The van der Waals surface area contributed by atoms with Gasteiger partial charge in [-0.25, -0.2) is 4.79 Å². The molecule has 1 aliphatic heterocycles. The van der Waals surface area contributed by atoms with E-state index in [9.17, 15) is 4.79 Å². The number of rotatable bonds is 0. The monoisotopic (exact) mass is 232 g/mol. The van der Waals surface area contributed by atoms with Gasteiger partial charge in [0.25, 0.3) is 0 Å². The first-order valence-electron chi connectivity index (χ1n) is 6.57. The maximum Gasteiger partial charge on any atom is 0.334 e. The molecule has 0 N–H and O–H groups in total. The predicted molar refractivity (Wildman–Crippen MR) is 66.4 cm³/mol. The molecule has 0 spiro atoms. The van der Waals surface area contributed by atoms with E-state index >= 15 is 0 Å². The standard InChI is InChI=1S/C15H20O2/c1-9-4-11-8-17-14(16)12(11)5-10-6-15(2,3)7-13(9)10/h5,9,11H,4,6-8H2,1-3H3. The van der Waals surface area contributed by atoms with Gasteiger partial charge in [-0.15, -0.1) is 0 Å².